The minimum absolute atomic E-state index is 0. The van der Waals surface area contributed by atoms with Gasteiger partial charge in [-0.05, 0) is 13.3 Å². The molecule has 57 heavy (non-hydrogen) atoms. The predicted octanol–water partition coefficient (Wildman–Crippen LogP) is 20.1. The van der Waals surface area contributed by atoms with E-state index in [2.05, 4.69) is 158 Å². The second-order valence-electron chi connectivity index (χ2n) is 9.12. The van der Waals surface area contributed by atoms with E-state index in [1.807, 2.05) is 41.5 Å². The maximum absolute atomic E-state index is 4.78. The SMILES string of the molecule is C#CCC.CC.CC#CCC.CCC#CCCC.CCCC.CCCCC.CCCCCCC.[CH2-]C.[CH2-]C.[CH2-]C.[CH2-]C.[CH2-]C#CCC.[CH2-]CCCC.[Cu][I].[W+2].[W+2].[W+2]. The molecule has 0 bridgehead atoms. The monoisotopic (exact) mass is 1470 g/mol. The molecule has 0 heterocycles. The Morgan fingerprint density at radius 2 is 0.737 bits per heavy atom. The second kappa shape index (κ2) is 243. The van der Waals surface area contributed by atoms with Gasteiger partial charge in [-0.2, -0.15) is 41.0 Å². The molecule has 0 saturated carbocycles. The average molecular weight is 1480 g/mol. The van der Waals surface area contributed by atoms with Gasteiger partial charge >= 0.3 is 96.3 Å². The maximum atomic E-state index is 4.78. The van der Waals surface area contributed by atoms with Crippen molar-refractivity contribution in [2.45, 2.75) is 254 Å². The van der Waals surface area contributed by atoms with Crippen molar-refractivity contribution in [3.63, 3.8) is 0 Å². The van der Waals surface area contributed by atoms with Crippen molar-refractivity contribution in [2.75, 3.05) is 0 Å². The van der Waals surface area contributed by atoms with Crippen molar-refractivity contribution < 1.29 is 76.0 Å². The zero-order valence-electron chi connectivity index (χ0n) is 42.7. The van der Waals surface area contributed by atoms with Crippen molar-refractivity contribution in [1.82, 2.24) is 0 Å². The Bertz CT molecular complexity index is 536. The van der Waals surface area contributed by atoms with Gasteiger partial charge in [0, 0.05) is 25.7 Å². The van der Waals surface area contributed by atoms with E-state index in [1.54, 1.807) is 48.0 Å². The summed E-state index contributed by atoms with van der Waals surface area (Å²) in [6, 6.07) is 0. The normalized spacial score (nSPS) is 5.93. The molecule has 0 aliphatic rings. The number of hydrogen-bond acceptors (Lipinski definition) is 0. The van der Waals surface area contributed by atoms with E-state index in [4.69, 9.17) is 6.42 Å². The first-order valence-electron chi connectivity index (χ1n) is 21.6. The molecule has 0 atom stereocenters. The summed E-state index contributed by atoms with van der Waals surface area (Å²) in [5.41, 5.74) is 0. The summed E-state index contributed by atoms with van der Waals surface area (Å²) in [7, 11) is 0. The summed E-state index contributed by atoms with van der Waals surface area (Å²) in [5.74, 6) is 19.4. The van der Waals surface area contributed by atoms with Gasteiger partial charge in [0.15, 0.2) is 0 Å². The Hall–Kier alpha value is 1.42. The molecule has 0 rings (SSSR count). The standard InChI is InChI=1S/C7H16.C7H12.C5H12.C5H11.C5H8.C5H7.C4H10.C4H6.C2H6.4C2H5.Cu.HI.3W/c2*1-3-5-7-6-4-2;4*1-3-5-4-2;2*1-3-4-2;5*1-2;;;;;/h3-7H2,1-2H3;3-5H2,1-2H3;3-5H2,1-2H3;1,3-5H2,2H3;3H2,1-2H3;1,4H2,2H3;3-4H2,1-2H3;1H,4H2,2H3;1-2H3;4*1H2,2H3;;1H;;;/q;;;-1;;-1;;;;4*-1;+1;;3*+2/p-1. The zero-order chi connectivity index (χ0) is 46.4. The van der Waals surface area contributed by atoms with Gasteiger partial charge in [-0.15, -0.1) is 36.0 Å². The van der Waals surface area contributed by atoms with Gasteiger partial charge in [-0.3, -0.25) is 5.92 Å². The maximum Gasteiger partial charge on any atom is 2.00 e. The molecule has 0 saturated heterocycles. The Morgan fingerprint density at radius 1 is 0.439 bits per heavy atom. The third-order valence-electron chi connectivity index (χ3n) is 4.55. The molecule has 0 nitrogen and oxygen atoms in total. The van der Waals surface area contributed by atoms with E-state index >= 15 is 0 Å². The molecule has 0 aromatic heterocycles. The van der Waals surface area contributed by atoms with E-state index in [9.17, 15) is 0 Å². The number of unbranched alkanes of at least 4 members (excludes halogenated alkanes) is 10. The molecular weight excluding hydrogens is 1370 g/mol. The summed E-state index contributed by atoms with van der Waals surface area (Å²) in [4.78, 5) is 0. The molecule has 0 aromatic carbocycles. The molecular formula is C52H108CuIW3. The van der Waals surface area contributed by atoms with Crippen molar-refractivity contribution in [3.8, 4) is 47.9 Å². The van der Waals surface area contributed by atoms with Crippen LogP contribution in [-0.4, -0.2) is 0 Å². The molecule has 0 aliphatic carbocycles. The van der Waals surface area contributed by atoms with Crippen LogP contribution in [0.2, 0.25) is 0 Å². The van der Waals surface area contributed by atoms with Crippen LogP contribution in [0.5, 0.6) is 0 Å². The van der Waals surface area contributed by atoms with Crippen LogP contribution in [-0.2, 0) is 76.0 Å². The van der Waals surface area contributed by atoms with E-state index in [1.165, 1.54) is 83.5 Å². The van der Waals surface area contributed by atoms with Crippen molar-refractivity contribution in [3.05, 3.63) is 41.5 Å². The summed E-state index contributed by atoms with van der Waals surface area (Å²) in [6.45, 7) is 58.5. The van der Waals surface area contributed by atoms with Crippen molar-refractivity contribution in [2.24, 2.45) is 0 Å². The van der Waals surface area contributed by atoms with Crippen LogP contribution < -0.4 is 0 Å². The first-order valence-corrected chi connectivity index (χ1v) is 24.6. The number of halogens is 1. The molecule has 0 fully saturated rings. The Labute approximate surface area is 434 Å². The van der Waals surface area contributed by atoms with Gasteiger partial charge in [-0.25, -0.2) is 0 Å². The van der Waals surface area contributed by atoms with Gasteiger partial charge in [0.25, 0.3) is 0 Å². The summed E-state index contributed by atoms with van der Waals surface area (Å²) < 4.78 is 0. The number of rotatable bonds is 10. The van der Waals surface area contributed by atoms with Crippen molar-refractivity contribution in [1.29, 1.82) is 0 Å². The van der Waals surface area contributed by atoms with E-state index in [-0.39, 0.29) is 63.2 Å². The second-order valence-corrected chi connectivity index (χ2v) is 9.12. The first-order chi connectivity index (χ1) is 26.3. The largest absolute Gasteiger partial charge is 2.00 e. The van der Waals surface area contributed by atoms with Crippen LogP contribution in [0.4, 0.5) is 0 Å². The number of terminal acetylenes is 1. The molecule has 0 aromatic rings. The Morgan fingerprint density at radius 3 is 0.825 bits per heavy atom. The molecule has 0 N–H and O–H groups in total. The van der Waals surface area contributed by atoms with Gasteiger partial charge < -0.3 is 40.5 Å². The van der Waals surface area contributed by atoms with Crippen molar-refractivity contribution >= 4 is 20.3 Å². The molecule has 0 unspecified atom stereocenters. The topological polar surface area (TPSA) is 0 Å². The zero-order valence-corrected chi connectivity index (χ0v) is 54.6. The fraction of sp³-hybridized carbons (Fsp3) is 0.731. The van der Waals surface area contributed by atoms with Gasteiger partial charge in [0.05, 0.1) is 0 Å². The van der Waals surface area contributed by atoms with E-state index in [0.29, 0.717) is 0 Å². The molecule has 0 amide bonds. The third-order valence-corrected chi connectivity index (χ3v) is 4.55. The molecule has 0 spiro atoms. The van der Waals surface area contributed by atoms with Crippen LogP contribution in [0.15, 0.2) is 0 Å². The van der Waals surface area contributed by atoms with Crippen LogP contribution in [0, 0.1) is 89.4 Å². The molecule has 0 aliphatic heterocycles. The quantitative estimate of drug-likeness (QED) is 0.0672. The smallest absolute Gasteiger partial charge is 2.00 e. The average Bonchev–Trinajstić information content (AvgIpc) is 3.25. The van der Waals surface area contributed by atoms with Gasteiger partial charge in [0.1, 0.15) is 0 Å². The van der Waals surface area contributed by atoms with Crippen LogP contribution in [0.3, 0.4) is 0 Å². The Balaban J connectivity index is -0.0000000205. The fourth-order valence-corrected chi connectivity index (χ4v) is 1.92. The minimum Gasteiger partial charge on any atom is 2.00 e. The van der Waals surface area contributed by atoms with Crippen LogP contribution >= 0.6 is 20.3 Å². The minimum atomic E-state index is 0. The van der Waals surface area contributed by atoms with E-state index < -0.39 is 0 Å². The van der Waals surface area contributed by atoms with Crippen LogP contribution in [0.25, 0.3) is 0 Å². The first kappa shape index (κ1) is 112. The summed E-state index contributed by atoms with van der Waals surface area (Å²) in [6.07, 6.45) is 28.2. The Kier molecular flexibility index (Phi) is 479. The predicted molar refractivity (Wildman–Crippen MR) is 274 cm³/mol. The molecule has 0 radical (unpaired) electrons. The molecule has 352 valence electrons. The summed E-state index contributed by atoms with van der Waals surface area (Å²) in [5, 5.41) is 0. The molecule has 5 heteroatoms. The van der Waals surface area contributed by atoms with Gasteiger partial charge in [0.2, 0.25) is 0 Å². The van der Waals surface area contributed by atoms with Gasteiger partial charge in [-0.1, -0.05) is 180 Å². The third kappa shape index (κ3) is 468. The fourth-order valence-electron chi connectivity index (χ4n) is 1.92. The number of hydrogen-bond donors (Lipinski definition) is 0. The van der Waals surface area contributed by atoms with Crippen LogP contribution in [0.1, 0.15) is 254 Å². The summed E-state index contributed by atoms with van der Waals surface area (Å²) >= 11 is 5.87. The van der Waals surface area contributed by atoms with E-state index in [0.717, 1.165) is 38.5 Å².